The summed E-state index contributed by atoms with van der Waals surface area (Å²) in [7, 11) is 1.55. The van der Waals surface area contributed by atoms with Crippen LogP contribution in [0.4, 0.5) is 0 Å². The van der Waals surface area contributed by atoms with Crippen molar-refractivity contribution in [2.45, 2.75) is 13.0 Å². The first kappa shape index (κ1) is 14.0. The van der Waals surface area contributed by atoms with Gasteiger partial charge < -0.3 is 9.84 Å². The van der Waals surface area contributed by atoms with Crippen LogP contribution < -0.4 is 4.74 Å². The monoisotopic (exact) mass is 299 g/mol. The van der Waals surface area contributed by atoms with Gasteiger partial charge in [0.25, 0.3) is 0 Å². The highest BCUT2D eigenvalue weighted by molar-refractivity contribution is 6.15. The van der Waals surface area contributed by atoms with Crippen LogP contribution in [-0.2, 0) is 17.8 Å². The third-order valence-electron chi connectivity index (χ3n) is 3.41. The number of aromatic nitrogens is 3. The average molecular weight is 299 g/mol. The van der Waals surface area contributed by atoms with E-state index in [1.54, 1.807) is 19.3 Å². The number of nitrogens with zero attached hydrogens (tertiary/aromatic N) is 3. The van der Waals surface area contributed by atoms with Gasteiger partial charge in [0.2, 0.25) is 0 Å². The van der Waals surface area contributed by atoms with Crippen molar-refractivity contribution in [3.8, 4) is 5.75 Å². The number of ketones is 1. The van der Waals surface area contributed by atoms with Gasteiger partial charge in [-0.05, 0) is 23.8 Å². The molecule has 0 bridgehead atoms. The quantitative estimate of drug-likeness (QED) is 0.852. The Balaban J connectivity index is 1.86. The molecule has 0 radical (unpaired) electrons. The van der Waals surface area contributed by atoms with E-state index in [9.17, 15) is 9.59 Å². The number of carbonyl (C=O) groups excluding carboxylic acids is 1. The topological polar surface area (TPSA) is 94.3 Å². The first-order valence-corrected chi connectivity index (χ1v) is 6.61. The number of hydrogen-bond donors (Lipinski definition) is 1. The molecule has 7 heteroatoms. The van der Waals surface area contributed by atoms with Crippen molar-refractivity contribution in [3.05, 3.63) is 46.8 Å². The Morgan fingerprint density at radius 1 is 1.50 bits per heavy atom. The molecule has 0 aliphatic heterocycles. The van der Waals surface area contributed by atoms with Gasteiger partial charge in [0.15, 0.2) is 5.78 Å². The smallest absolute Gasteiger partial charge is 0.325 e. The highest BCUT2D eigenvalue weighted by Crippen LogP contribution is 2.30. The molecule has 0 saturated heterocycles. The van der Waals surface area contributed by atoms with Gasteiger partial charge in [-0.1, -0.05) is 11.3 Å². The molecular weight excluding hydrogens is 286 g/mol. The molecule has 22 heavy (non-hydrogen) atoms. The van der Waals surface area contributed by atoms with Crippen molar-refractivity contribution in [1.29, 1.82) is 0 Å². The number of aliphatic carboxylic acids is 1. The van der Waals surface area contributed by atoms with Crippen LogP contribution in [0.5, 0.6) is 5.75 Å². The van der Waals surface area contributed by atoms with Gasteiger partial charge in [-0.2, -0.15) is 0 Å². The van der Waals surface area contributed by atoms with Crippen molar-refractivity contribution >= 4 is 17.8 Å². The molecule has 3 rings (SSSR count). The van der Waals surface area contributed by atoms with Gasteiger partial charge in [-0.25, -0.2) is 4.68 Å². The van der Waals surface area contributed by atoms with Crippen molar-refractivity contribution in [1.82, 2.24) is 15.0 Å². The molecule has 1 aromatic heterocycles. The largest absolute Gasteiger partial charge is 0.497 e. The zero-order valence-corrected chi connectivity index (χ0v) is 11.8. The number of rotatable bonds is 4. The van der Waals surface area contributed by atoms with Crippen LogP contribution in [-0.4, -0.2) is 39.0 Å². The molecule has 1 aromatic carbocycles. The normalized spacial score (nSPS) is 15.1. The van der Waals surface area contributed by atoms with Crippen LogP contribution in [0.3, 0.4) is 0 Å². The van der Waals surface area contributed by atoms with Crippen molar-refractivity contribution in [2.75, 3.05) is 7.11 Å². The molecular formula is C15H13N3O4. The second kappa shape index (κ2) is 5.44. The van der Waals surface area contributed by atoms with E-state index < -0.39 is 5.97 Å². The Hall–Kier alpha value is -2.96. The average Bonchev–Trinajstić information content (AvgIpc) is 3.04. The van der Waals surface area contributed by atoms with Gasteiger partial charge in [0.1, 0.15) is 18.0 Å². The Morgan fingerprint density at radius 2 is 2.32 bits per heavy atom. The third-order valence-corrected chi connectivity index (χ3v) is 3.41. The lowest BCUT2D eigenvalue weighted by Crippen LogP contribution is -2.08. The summed E-state index contributed by atoms with van der Waals surface area (Å²) in [6.07, 6.45) is 3.65. The number of carboxylic acid groups (broad SMARTS) is 1. The lowest BCUT2D eigenvalue weighted by atomic mass is 10.1. The maximum atomic E-state index is 12.4. The molecule has 1 heterocycles. The molecule has 0 atom stereocenters. The lowest BCUT2D eigenvalue weighted by Gasteiger charge is -2.01. The summed E-state index contributed by atoms with van der Waals surface area (Å²) in [5, 5.41) is 16.3. The van der Waals surface area contributed by atoms with E-state index >= 15 is 0 Å². The van der Waals surface area contributed by atoms with E-state index in [1.165, 1.54) is 10.9 Å². The first-order chi connectivity index (χ1) is 10.6. The molecule has 1 aliphatic carbocycles. The highest BCUT2D eigenvalue weighted by atomic mass is 16.5. The van der Waals surface area contributed by atoms with E-state index in [1.807, 2.05) is 12.1 Å². The number of fused-ring (bicyclic) bond motifs is 1. The summed E-state index contributed by atoms with van der Waals surface area (Å²) in [6.45, 7) is -0.262. The maximum Gasteiger partial charge on any atom is 0.325 e. The maximum absolute atomic E-state index is 12.4. The Labute approximate surface area is 125 Å². The van der Waals surface area contributed by atoms with Crippen LogP contribution in [0.25, 0.3) is 6.08 Å². The van der Waals surface area contributed by atoms with Crippen LogP contribution >= 0.6 is 0 Å². The molecule has 0 fully saturated rings. The summed E-state index contributed by atoms with van der Waals surface area (Å²) >= 11 is 0. The predicted molar refractivity (Wildman–Crippen MR) is 76.7 cm³/mol. The van der Waals surface area contributed by atoms with E-state index in [-0.39, 0.29) is 12.3 Å². The summed E-state index contributed by atoms with van der Waals surface area (Å²) in [5.74, 6) is -0.428. The van der Waals surface area contributed by atoms with E-state index in [0.717, 1.165) is 5.56 Å². The number of carboxylic acids is 1. The zero-order chi connectivity index (χ0) is 15.7. The molecule has 0 unspecified atom stereocenters. The summed E-state index contributed by atoms with van der Waals surface area (Å²) < 4.78 is 6.34. The van der Waals surface area contributed by atoms with Crippen molar-refractivity contribution in [2.24, 2.45) is 0 Å². The number of Topliss-reactive ketones (excluding diaryl/α,β-unsaturated/α-hetero) is 1. The molecule has 1 aliphatic rings. The predicted octanol–water partition coefficient (Wildman–Crippen LogP) is 1.19. The van der Waals surface area contributed by atoms with Gasteiger partial charge in [-0.3, -0.25) is 9.59 Å². The van der Waals surface area contributed by atoms with Crippen LogP contribution in [0.1, 0.15) is 21.6 Å². The van der Waals surface area contributed by atoms with Crippen molar-refractivity contribution in [3.63, 3.8) is 0 Å². The minimum atomic E-state index is -0.999. The molecule has 1 N–H and O–H groups in total. The summed E-state index contributed by atoms with van der Waals surface area (Å²) in [5.41, 5.74) is 2.63. The Morgan fingerprint density at radius 3 is 3.05 bits per heavy atom. The molecule has 112 valence electrons. The fraction of sp³-hybridized carbons (Fsp3) is 0.200. The summed E-state index contributed by atoms with van der Waals surface area (Å²) in [6, 6.07) is 5.41. The molecule has 0 spiro atoms. The summed E-state index contributed by atoms with van der Waals surface area (Å²) in [4.78, 5) is 23.0. The number of ether oxygens (including phenoxy) is 1. The number of allylic oxidation sites excluding steroid dienone is 1. The second-order valence-electron chi connectivity index (χ2n) is 4.93. The molecule has 0 saturated carbocycles. The third kappa shape index (κ3) is 2.60. The Kier molecular flexibility index (Phi) is 3.46. The van der Waals surface area contributed by atoms with Crippen molar-refractivity contribution < 1.29 is 19.4 Å². The minimum absolute atomic E-state index is 0.0679. The van der Waals surface area contributed by atoms with Gasteiger partial charge >= 0.3 is 5.97 Å². The van der Waals surface area contributed by atoms with Gasteiger partial charge in [0, 0.05) is 17.6 Å². The number of carbonyl (C=O) groups is 2. The highest BCUT2D eigenvalue weighted by Gasteiger charge is 2.25. The van der Waals surface area contributed by atoms with Gasteiger partial charge in [-0.15, -0.1) is 5.10 Å². The zero-order valence-electron chi connectivity index (χ0n) is 11.8. The fourth-order valence-electron chi connectivity index (χ4n) is 2.40. The standard InChI is InChI=1S/C15H13N3O4/c1-22-12-3-2-9-4-10(15(21)13(9)6-12)5-11-7-18(17-16-11)8-14(19)20/h2-3,5-7H,4,8H2,1H3,(H,19,20)/b10-5-. The van der Waals surface area contributed by atoms with E-state index in [4.69, 9.17) is 9.84 Å². The second-order valence-corrected chi connectivity index (χ2v) is 4.93. The Bertz CT molecular complexity index is 792. The number of hydrogen-bond acceptors (Lipinski definition) is 5. The van der Waals surface area contributed by atoms with E-state index in [2.05, 4.69) is 10.3 Å². The van der Waals surface area contributed by atoms with Crippen LogP contribution in [0.15, 0.2) is 30.0 Å². The molecule has 0 amide bonds. The lowest BCUT2D eigenvalue weighted by molar-refractivity contribution is -0.137. The van der Waals surface area contributed by atoms with Crippen LogP contribution in [0, 0.1) is 0 Å². The number of methoxy groups -OCH3 is 1. The fourth-order valence-corrected chi connectivity index (χ4v) is 2.40. The van der Waals surface area contributed by atoms with E-state index in [0.29, 0.717) is 29.0 Å². The molecule has 7 nitrogen and oxygen atoms in total. The van der Waals surface area contributed by atoms with Crippen LogP contribution in [0.2, 0.25) is 0 Å². The number of benzene rings is 1. The minimum Gasteiger partial charge on any atom is -0.497 e. The molecule has 2 aromatic rings. The van der Waals surface area contributed by atoms with Gasteiger partial charge in [0.05, 0.1) is 13.3 Å². The first-order valence-electron chi connectivity index (χ1n) is 6.61. The SMILES string of the molecule is COc1ccc2c(c1)C(=O)/C(=C\c1cn(CC(=O)O)nn1)C2.